The second-order valence-corrected chi connectivity index (χ2v) is 7.15. The number of hydrogen-bond acceptors (Lipinski definition) is 3. The van der Waals surface area contributed by atoms with E-state index < -0.39 is 11.6 Å². The van der Waals surface area contributed by atoms with Gasteiger partial charge in [0, 0.05) is 17.1 Å². The van der Waals surface area contributed by atoms with Gasteiger partial charge < -0.3 is 4.74 Å². The highest BCUT2D eigenvalue weighted by Crippen LogP contribution is 2.65. The fourth-order valence-electron chi connectivity index (χ4n) is 3.53. The van der Waals surface area contributed by atoms with Crippen molar-refractivity contribution in [2.75, 3.05) is 0 Å². The van der Waals surface area contributed by atoms with Crippen molar-refractivity contribution < 1.29 is 14.3 Å². The van der Waals surface area contributed by atoms with E-state index in [1.165, 1.54) is 6.08 Å². The summed E-state index contributed by atoms with van der Waals surface area (Å²) in [6.07, 6.45) is 8.51. The van der Waals surface area contributed by atoms with Crippen LogP contribution in [0.15, 0.2) is 11.6 Å². The van der Waals surface area contributed by atoms with Crippen LogP contribution in [0.3, 0.4) is 0 Å². The molecule has 2 bridgehead atoms. The standard InChI is InChI=1S/C17H22O3/c1-7-15(2,3)20-13(18)10-11-12-8-9-17(6,14(11)19)16(12,4)5/h1,10,12H,8-9H2,2-6H3. The summed E-state index contributed by atoms with van der Waals surface area (Å²) in [6.45, 7) is 9.53. The van der Waals surface area contributed by atoms with Gasteiger partial charge in [-0.2, -0.15) is 0 Å². The van der Waals surface area contributed by atoms with Gasteiger partial charge in [0.25, 0.3) is 0 Å². The van der Waals surface area contributed by atoms with Crippen LogP contribution in [0.1, 0.15) is 47.5 Å². The van der Waals surface area contributed by atoms with Gasteiger partial charge in [-0.1, -0.05) is 26.7 Å². The molecule has 3 heteroatoms. The summed E-state index contributed by atoms with van der Waals surface area (Å²) in [4.78, 5) is 24.5. The number of esters is 1. The molecular formula is C17H22O3. The monoisotopic (exact) mass is 274 g/mol. The minimum absolute atomic E-state index is 0.0919. The summed E-state index contributed by atoms with van der Waals surface area (Å²) in [5.74, 6) is 2.12. The Morgan fingerprint density at radius 1 is 1.45 bits per heavy atom. The van der Waals surface area contributed by atoms with Crippen molar-refractivity contribution >= 4 is 11.8 Å². The van der Waals surface area contributed by atoms with Gasteiger partial charge in [-0.15, -0.1) is 6.42 Å². The van der Waals surface area contributed by atoms with Crippen molar-refractivity contribution in [1.82, 2.24) is 0 Å². The van der Waals surface area contributed by atoms with Crippen LogP contribution in [-0.2, 0) is 14.3 Å². The number of hydrogen-bond donors (Lipinski definition) is 0. The molecule has 3 nitrogen and oxygen atoms in total. The van der Waals surface area contributed by atoms with Gasteiger partial charge in [-0.05, 0) is 38.0 Å². The molecule has 0 saturated heterocycles. The van der Waals surface area contributed by atoms with Crippen LogP contribution in [0.4, 0.5) is 0 Å². The van der Waals surface area contributed by atoms with Crippen molar-refractivity contribution in [2.45, 2.75) is 53.1 Å². The Balaban J connectivity index is 2.28. The number of Topliss-reactive ketones (excluding diaryl/α,β-unsaturated/α-hetero) is 1. The number of ether oxygens (including phenoxy) is 1. The molecule has 2 atom stereocenters. The predicted octanol–water partition coefficient (Wildman–Crippen LogP) is 2.89. The van der Waals surface area contributed by atoms with Crippen LogP contribution in [0.5, 0.6) is 0 Å². The first kappa shape index (κ1) is 14.8. The molecule has 0 aromatic heterocycles. The molecule has 2 aliphatic rings. The van der Waals surface area contributed by atoms with Gasteiger partial charge in [0.1, 0.15) is 0 Å². The molecule has 0 radical (unpaired) electrons. The van der Waals surface area contributed by atoms with E-state index in [0.717, 1.165) is 12.8 Å². The second kappa shape index (κ2) is 4.22. The lowest BCUT2D eigenvalue weighted by Crippen LogP contribution is -2.32. The lowest BCUT2D eigenvalue weighted by atomic mass is 9.70. The molecule has 20 heavy (non-hydrogen) atoms. The summed E-state index contributed by atoms with van der Waals surface area (Å²) < 4.78 is 5.20. The van der Waals surface area contributed by atoms with Crippen LogP contribution in [0.25, 0.3) is 0 Å². The highest BCUT2D eigenvalue weighted by atomic mass is 16.6. The first-order chi connectivity index (χ1) is 9.05. The highest BCUT2D eigenvalue weighted by Gasteiger charge is 2.64. The zero-order chi connectivity index (χ0) is 15.3. The van der Waals surface area contributed by atoms with Gasteiger partial charge in [0.15, 0.2) is 11.4 Å². The van der Waals surface area contributed by atoms with E-state index in [0.29, 0.717) is 5.57 Å². The van der Waals surface area contributed by atoms with Crippen LogP contribution in [0, 0.1) is 29.1 Å². The average Bonchev–Trinajstić information content (AvgIpc) is 2.63. The van der Waals surface area contributed by atoms with Crippen molar-refractivity contribution in [3.05, 3.63) is 11.6 Å². The predicted molar refractivity (Wildman–Crippen MR) is 76.7 cm³/mol. The maximum Gasteiger partial charge on any atom is 0.332 e. The van der Waals surface area contributed by atoms with Gasteiger partial charge in [-0.25, -0.2) is 4.79 Å². The van der Waals surface area contributed by atoms with E-state index in [9.17, 15) is 9.59 Å². The van der Waals surface area contributed by atoms with E-state index in [-0.39, 0.29) is 22.5 Å². The first-order valence-electron chi connectivity index (χ1n) is 7.02. The first-order valence-corrected chi connectivity index (χ1v) is 7.02. The third-order valence-corrected chi connectivity index (χ3v) is 5.34. The summed E-state index contributed by atoms with van der Waals surface area (Å²) in [5, 5.41) is 0. The normalized spacial score (nSPS) is 33.3. The minimum Gasteiger partial charge on any atom is -0.443 e. The van der Waals surface area contributed by atoms with Gasteiger partial charge in [0.2, 0.25) is 0 Å². The quantitative estimate of drug-likeness (QED) is 0.442. The number of ketones is 1. The van der Waals surface area contributed by atoms with E-state index in [4.69, 9.17) is 11.2 Å². The minimum atomic E-state index is -0.950. The molecule has 0 spiro atoms. The van der Waals surface area contributed by atoms with Crippen LogP contribution in [0.2, 0.25) is 0 Å². The smallest absolute Gasteiger partial charge is 0.332 e. The molecule has 2 saturated carbocycles. The summed E-state index contributed by atoms with van der Waals surface area (Å²) in [5.41, 5.74) is -0.793. The van der Waals surface area contributed by atoms with Crippen molar-refractivity contribution in [1.29, 1.82) is 0 Å². The van der Waals surface area contributed by atoms with Gasteiger partial charge >= 0.3 is 5.97 Å². The molecular weight excluding hydrogens is 252 g/mol. The van der Waals surface area contributed by atoms with Crippen molar-refractivity contribution in [2.24, 2.45) is 16.7 Å². The molecule has 0 heterocycles. The number of rotatable bonds is 2. The molecule has 108 valence electrons. The topological polar surface area (TPSA) is 43.4 Å². The number of terminal acetylenes is 1. The molecule has 2 aliphatic carbocycles. The third kappa shape index (κ3) is 1.90. The maximum absolute atomic E-state index is 12.6. The molecule has 0 aromatic rings. The fourth-order valence-corrected chi connectivity index (χ4v) is 3.53. The van der Waals surface area contributed by atoms with Crippen LogP contribution >= 0.6 is 0 Å². The van der Waals surface area contributed by atoms with Crippen LogP contribution in [-0.4, -0.2) is 17.4 Å². The number of allylic oxidation sites excluding steroid dienone is 1. The van der Waals surface area contributed by atoms with Crippen molar-refractivity contribution in [3.8, 4) is 12.3 Å². The molecule has 2 fully saturated rings. The zero-order valence-electron chi connectivity index (χ0n) is 12.9. The summed E-state index contributed by atoms with van der Waals surface area (Å²) >= 11 is 0. The average molecular weight is 274 g/mol. The fraction of sp³-hybridized carbons (Fsp3) is 0.647. The SMILES string of the molecule is C#CC(C)(C)OC(=O)C=C1C(=O)C2(C)CCC1C2(C)C. The number of fused-ring (bicyclic) bond motifs is 2. The molecule has 0 N–H and O–H groups in total. The number of carbonyl (C=O) groups excluding carboxylic acids is 2. The number of carbonyl (C=O) groups is 2. The highest BCUT2D eigenvalue weighted by molar-refractivity contribution is 6.08. The van der Waals surface area contributed by atoms with Crippen LogP contribution < -0.4 is 0 Å². The lowest BCUT2D eigenvalue weighted by molar-refractivity contribution is -0.145. The Bertz CT molecular complexity index is 545. The summed E-state index contributed by atoms with van der Waals surface area (Å²) in [7, 11) is 0. The Labute approximate surface area is 120 Å². The second-order valence-electron chi connectivity index (χ2n) is 7.15. The molecule has 0 amide bonds. The van der Waals surface area contributed by atoms with Crippen molar-refractivity contribution in [3.63, 3.8) is 0 Å². The van der Waals surface area contributed by atoms with E-state index in [1.807, 2.05) is 6.92 Å². The Kier molecular flexibility index (Phi) is 3.13. The van der Waals surface area contributed by atoms with Gasteiger partial charge in [0.05, 0.1) is 0 Å². The van der Waals surface area contributed by atoms with E-state index >= 15 is 0 Å². The largest absolute Gasteiger partial charge is 0.443 e. The molecule has 0 aliphatic heterocycles. The molecule has 2 rings (SSSR count). The third-order valence-electron chi connectivity index (χ3n) is 5.34. The summed E-state index contributed by atoms with van der Waals surface area (Å²) in [6, 6.07) is 0. The maximum atomic E-state index is 12.6. The molecule has 0 aromatic carbocycles. The lowest BCUT2D eigenvalue weighted by Gasteiger charge is -2.31. The van der Waals surface area contributed by atoms with Gasteiger partial charge in [-0.3, -0.25) is 4.79 Å². The van der Waals surface area contributed by atoms with E-state index in [1.54, 1.807) is 13.8 Å². The Morgan fingerprint density at radius 3 is 2.50 bits per heavy atom. The Morgan fingerprint density at radius 2 is 2.05 bits per heavy atom. The van der Waals surface area contributed by atoms with E-state index in [2.05, 4.69) is 19.8 Å². The molecule has 2 unspecified atom stereocenters. The Hall–Kier alpha value is -1.56. The zero-order valence-corrected chi connectivity index (χ0v) is 12.9.